The highest BCUT2D eigenvalue weighted by Crippen LogP contribution is 2.37. The second-order valence-electron chi connectivity index (χ2n) is 11.5. The highest BCUT2D eigenvalue weighted by molar-refractivity contribution is 6.22. The van der Waals surface area contributed by atoms with Crippen molar-refractivity contribution in [1.82, 2.24) is 15.5 Å². The second kappa shape index (κ2) is 12.4. The van der Waals surface area contributed by atoms with Crippen LogP contribution in [0.1, 0.15) is 66.3 Å². The monoisotopic (exact) mass is 589 g/mol. The maximum Gasteiger partial charge on any atom is 0.328 e. The quantitative estimate of drug-likeness (QED) is 0.283. The Morgan fingerprint density at radius 1 is 0.977 bits per heavy atom. The van der Waals surface area contributed by atoms with Crippen LogP contribution in [0.15, 0.2) is 54.6 Å². The smallest absolute Gasteiger partial charge is 0.328 e. The van der Waals surface area contributed by atoms with Gasteiger partial charge in [0.2, 0.25) is 5.91 Å². The number of hydrogen-bond acceptors (Lipinski definition) is 8. The maximum absolute atomic E-state index is 13.3. The van der Waals surface area contributed by atoms with Gasteiger partial charge in [0.15, 0.2) is 6.10 Å². The fourth-order valence-corrected chi connectivity index (χ4v) is 5.59. The van der Waals surface area contributed by atoms with Gasteiger partial charge in [0, 0.05) is 6.04 Å². The molecule has 2 aromatic rings. The van der Waals surface area contributed by atoms with Gasteiger partial charge in [-0.3, -0.25) is 28.9 Å². The molecule has 0 radical (unpaired) electrons. The van der Waals surface area contributed by atoms with Gasteiger partial charge in [-0.2, -0.15) is 0 Å². The van der Waals surface area contributed by atoms with Gasteiger partial charge in [-0.15, -0.1) is 0 Å². The van der Waals surface area contributed by atoms with Crippen LogP contribution in [0, 0.1) is 17.8 Å². The minimum atomic E-state index is -1.18. The molecule has 43 heavy (non-hydrogen) atoms. The van der Waals surface area contributed by atoms with E-state index in [9.17, 15) is 28.8 Å². The Balaban J connectivity index is 1.23. The topological polar surface area (TPSA) is 148 Å². The first-order valence-electron chi connectivity index (χ1n) is 14.6. The highest BCUT2D eigenvalue weighted by Gasteiger charge is 2.52. The van der Waals surface area contributed by atoms with Crippen LogP contribution in [-0.4, -0.2) is 64.7 Å². The van der Waals surface area contributed by atoms with Gasteiger partial charge in [-0.05, 0) is 49.3 Å². The lowest BCUT2D eigenvalue weighted by molar-refractivity contribution is -0.193. The summed E-state index contributed by atoms with van der Waals surface area (Å²) in [6.45, 7) is 5.28. The Morgan fingerprint density at radius 2 is 1.60 bits per heavy atom. The number of hydrogen-bond donors (Lipinski definition) is 2. The number of imide groups is 1. The summed E-state index contributed by atoms with van der Waals surface area (Å²) in [6.07, 6.45) is 0.627. The molecule has 5 rings (SSSR count). The molecule has 1 saturated carbocycles. The summed E-state index contributed by atoms with van der Waals surface area (Å²) in [4.78, 5) is 78.0. The molecule has 4 amide bonds. The van der Waals surface area contributed by atoms with Crippen LogP contribution in [0.2, 0.25) is 0 Å². The molecule has 2 N–H and O–H groups in total. The molecule has 2 heterocycles. The molecule has 2 aromatic carbocycles. The number of fused-ring (bicyclic) bond motifs is 1. The molecule has 2 fully saturated rings. The summed E-state index contributed by atoms with van der Waals surface area (Å²) < 4.78 is 10.6. The van der Waals surface area contributed by atoms with Crippen molar-refractivity contribution in [3.8, 4) is 0 Å². The van der Waals surface area contributed by atoms with Gasteiger partial charge in [0.25, 0.3) is 17.7 Å². The minimum Gasteiger partial charge on any atom is -0.459 e. The maximum atomic E-state index is 13.3. The van der Waals surface area contributed by atoms with E-state index in [1.54, 1.807) is 24.3 Å². The molecule has 11 heteroatoms. The molecule has 2 aliphatic heterocycles. The normalized spacial score (nSPS) is 24.2. The van der Waals surface area contributed by atoms with Crippen molar-refractivity contribution in [2.24, 2.45) is 17.8 Å². The van der Waals surface area contributed by atoms with Crippen LogP contribution in [0.25, 0.3) is 0 Å². The van der Waals surface area contributed by atoms with Gasteiger partial charge in [-0.1, -0.05) is 62.7 Å². The number of nitrogens with one attached hydrogen (secondary N) is 2. The summed E-state index contributed by atoms with van der Waals surface area (Å²) in [5.41, 5.74) is 1.20. The number of esters is 2. The molecular weight excluding hydrogens is 554 g/mol. The van der Waals surface area contributed by atoms with E-state index >= 15 is 0 Å². The van der Waals surface area contributed by atoms with E-state index in [1.165, 1.54) is 19.1 Å². The number of carbonyl (C=O) groups excluding carboxylic acids is 6. The van der Waals surface area contributed by atoms with Crippen molar-refractivity contribution in [3.63, 3.8) is 0 Å². The average Bonchev–Trinajstić information content (AvgIpc) is 3.68. The lowest BCUT2D eigenvalue weighted by atomic mass is 9.83. The van der Waals surface area contributed by atoms with E-state index in [1.807, 2.05) is 32.0 Å². The first kappa shape index (κ1) is 29.9. The molecule has 0 aromatic heterocycles. The molecule has 0 bridgehead atoms. The zero-order valence-corrected chi connectivity index (χ0v) is 24.3. The predicted molar refractivity (Wildman–Crippen MR) is 152 cm³/mol. The van der Waals surface area contributed by atoms with Crippen LogP contribution >= 0.6 is 0 Å². The summed E-state index contributed by atoms with van der Waals surface area (Å²) in [7, 11) is 0. The number of rotatable bonds is 12. The zero-order chi connectivity index (χ0) is 30.8. The second-order valence-corrected chi connectivity index (χ2v) is 11.5. The molecule has 11 nitrogen and oxygen atoms in total. The number of nitrogens with zero attached hydrogens (tertiary/aromatic N) is 1. The third-order valence-corrected chi connectivity index (χ3v) is 8.56. The molecular formula is C32H35N3O8. The fourth-order valence-electron chi connectivity index (χ4n) is 5.59. The minimum absolute atomic E-state index is 0.00508. The van der Waals surface area contributed by atoms with Crippen LogP contribution in [0.5, 0.6) is 0 Å². The number of ether oxygens (including phenoxy) is 2. The summed E-state index contributed by atoms with van der Waals surface area (Å²) in [5.74, 6) is -3.88. The van der Waals surface area contributed by atoms with E-state index in [4.69, 9.17) is 9.47 Å². The van der Waals surface area contributed by atoms with Crippen LogP contribution in [0.4, 0.5) is 0 Å². The SMILES string of the molecule is CCC(C)C1C(=O)OC1C(=O)NC1CC1CC(NC(=O)C(C)N1C(=O)c2ccccc2C1=O)C(=O)OCc1ccccc1. The largest absolute Gasteiger partial charge is 0.459 e. The zero-order valence-electron chi connectivity index (χ0n) is 24.3. The van der Waals surface area contributed by atoms with Crippen LogP contribution in [-0.2, 0) is 35.3 Å². The van der Waals surface area contributed by atoms with Crippen LogP contribution < -0.4 is 10.6 Å². The Kier molecular flexibility index (Phi) is 8.61. The molecule has 7 unspecified atom stereocenters. The number of cyclic esters (lactones) is 1. The van der Waals surface area contributed by atoms with Gasteiger partial charge in [-0.25, -0.2) is 4.79 Å². The van der Waals surface area contributed by atoms with Crippen molar-refractivity contribution in [2.45, 2.75) is 70.9 Å². The molecule has 0 spiro atoms. The molecule has 1 saturated heterocycles. The number of amides is 4. The van der Waals surface area contributed by atoms with E-state index in [-0.39, 0.29) is 53.9 Å². The Morgan fingerprint density at radius 3 is 2.21 bits per heavy atom. The molecule has 226 valence electrons. The molecule has 7 atom stereocenters. The predicted octanol–water partition coefficient (Wildman–Crippen LogP) is 2.38. The Hall–Kier alpha value is -4.54. The molecule has 1 aliphatic carbocycles. The summed E-state index contributed by atoms with van der Waals surface area (Å²) in [6, 6.07) is 12.9. The van der Waals surface area contributed by atoms with Crippen LogP contribution in [0.3, 0.4) is 0 Å². The average molecular weight is 590 g/mol. The van der Waals surface area contributed by atoms with Gasteiger partial charge < -0.3 is 20.1 Å². The van der Waals surface area contributed by atoms with Crippen molar-refractivity contribution in [3.05, 3.63) is 71.3 Å². The lowest BCUT2D eigenvalue weighted by Gasteiger charge is -2.37. The third kappa shape index (κ3) is 6.16. The van der Waals surface area contributed by atoms with E-state index in [0.29, 0.717) is 6.42 Å². The van der Waals surface area contributed by atoms with E-state index in [2.05, 4.69) is 10.6 Å². The van der Waals surface area contributed by atoms with Gasteiger partial charge >= 0.3 is 11.9 Å². The first-order valence-corrected chi connectivity index (χ1v) is 14.6. The number of carbonyl (C=O) groups is 6. The van der Waals surface area contributed by atoms with Gasteiger partial charge in [0.1, 0.15) is 24.6 Å². The van der Waals surface area contributed by atoms with E-state index in [0.717, 1.165) is 16.9 Å². The standard InChI is InChI=1S/C32H35N3O8/c1-4-17(2)25-26(43-32(25)41)28(37)33-23-14-20(23)15-24(31(40)42-16-19-10-6-5-7-11-19)34-27(36)18(3)35-29(38)21-12-8-9-13-22(21)30(35)39/h5-13,17-18,20,23-26H,4,14-16H2,1-3H3,(H,33,37)(H,34,36). The van der Waals surface area contributed by atoms with E-state index < -0.39 is 47.8 Å². The third-order valence-electron chi connectivity index (χ3n) is 8.56. The highest BCUT2D eigenvalue weighted by atomic mass is 16.6. The lowest BCUT2D eigenvalue weighted by Crippen LogP contribution is -2.56. The van der Waals surface area contributed by atoms with Crippen molar-refractivity contribution >= 4 is 35.6 Å². The fraction of sp³-hybridized carbons (Fsp3) is 0.438. The van der Waals surface area contributed by atoms with Crippen molar-refractivity contribution < 1.29 is 38.2 Å². The van der Waals surface area contributed by atoms with Crippen molar-refractivity contribution in [1.29, 1.82) is 0 Å². The Labute approximate surface area is 249 Å². The first-order chi connectivity index (χ1) is 20.6. The van der Waals surface area contributed by atoms with Crippen molar-refractivity contribution in [2.75, 3.05) is 0 Å². The molecule has 3 aliphatic rings. The van der Waals surface area contributed by atoms with Gasteiger partial charge in [0.05, 0.1) is 11.1 Å². The number of benzene rings is 2. The Bertz CT molecular complexity index is 1410. The summed E-state index contributed by atoms with van der Waals surface area (Å²) >= 11 is 0. The summed E-state index contributed by atoms with van der Waals surface area (Å²) in [5, 5.41) is 5.58.